The molecule has 0 radical (unpaired) electrons. The van der Waals surface area contributed by atoms with E-state index in [-0.39, 0.29) is 5.91 Å². The van der Waals surface area contributed by atoms with Crippen LogP contribution in [0.15, 0.2) is 25.3 Å². The lowest BCUT2D eigenvalue weighted by atomic mass is 10.4. The summed E-state index contributed by atoms with van der Waals surface area (Å²) in [6, 6.07) is 0. The molecule has 80 valence electrons. The molecule has 1 aromatic rings. The van der Waals surface area contributed by atoms with E-state index in [4.69, 9.17) is 0 Å². The van der Waals surface area contributed by atoms with Gasteiger partial charge in [0.1, 0.15) is 5.82 Å². The van der Waals surface area contributed by atoms with Crippen LogP contribution in [0, 0.1) is 6.92 Å². The first-order valence-electron chi connectivity index (χ1n) is 4.50. The molecule has 1 aromatic heterocycles. The van der Waals surface area contributed by atoms with Gasteiger partial charge in [-0.15, -0.1) is 13.2 Å². The topological polar surface area (TPSA) is 46.1 Å². The van der Waals surface area contributed by atoms with Gasteiger partial charge in [0.05, 0.1) is 0 Å². The molecule has 5 heteroatoms. The highest BCUT2D eigenvalue weighted by Crippen LogP contribution is 2.08. The summed E-state index contributed by atoms with van der Waals surface area (Å²) < 4.78 is 3.97. The Morgan fingerprint density at radius 2 is 2.07 bits per heavy atom. The number of carbonyl (C=O) groups excluding carboxylic acids is 1. The molecule has 0 unspecified atom stereocenters. The molecule has 0 N–H and O–H groups in total. The molecule has 0 bridgehead atoms. The van der Waals surface area contributed by atoms with Crippen LogP contribution >= 0.6 is 11.5 Å². The molecule has 1 rings (SSSR count). The van der Waals surface area contributed by atoms with Gasteiger partial charge in [-0.1, -0.05) is 12.2 Å². The zero-order valence-corrected chi connectivity index (χ0v) is 9.46. The number of hydrogen-bond donors (Lipinski definition) is 0. The Balaban J connectivity index is 2.79. The number of rotatable bonds is 5. The summed E-state index contributed by atoms with van der Waals surface area (Å²) in [5.41, 5.74) is 0. The molecule has 0 aromatic carbocycles. The van der Waals surface area contributed by atoms with Crippen molar-refractivity contribution < 1.29 is 4.79 Å². The highest BCUT2D eigenvalue weighted by molar-refractivity contribution is 7.07. The van der Waals surface area contributed by atoms with E-state index in [0.717, 1.165) is 11.5 Å². The molecule has 0 aliphatic carbocycles. The van der Waals surface area contributed by atoms with E-state index < -0.39 is 0 Å². The van der Waals surface area contributed by atoms with Crippen molar-refractivity contribution in [2.24, 2.45) is 0 Å². The number of nitrogens with zero attached hydrogens (tertiary/aromatic N) is 3. The maximum absolute atomic E-state index is 11.9. The van der Waals surface area contributed by atoms with Crippen LogP contribution in [0.5, 0.6) is 0 Å². The Morgan fingerprint density at radius 1 is 1.47 bits per heavy atom. The van der Waals surface area contributed by atoms with Crippen LogP contribution in [0.2, 0.25) is 0 Å². The fraction of sp³-hybridized carbons (Fsp3) is 0.300. The summed E-state index contributed by atoms with van der Waals surface area (Å²) in [5, 5.41) is 0.413. The van der Waals surface area contributed by atoms with Gasteiger partial charge in [-0.05, 0) is 18.5 Å². The van der Waals surface area contributed by atoms with Gasteiger partial charge in [0, 0.05) is 13.1 Å². The molecule has 0 aliphatic heterocycles. The first-order chi connectivity index (χ1) is 7.19. The van der Waals surface area contributed by atoms with Crippen molar-refractivity contribution in [3.05, 3.63) is 36.1 Å². The molecule has 0 atom stereocenters. The smallest absolute Gasteiger partial charge is 0.285 e. The number of aromatic nitrogens is 2. The second-order valence-corrected chi connectivity index (χ2v) is 3.69. The summed E-state index contributed by atoms with van der Waals surface area (Å²) in [7, 11) is 0. The third kappa shape index (κ3) is 2.99. The molecule has 0 saturated carbocycles. The fourth-order valence-corrected chi connectivity index (χ4v) is 1.71. The lowest BCUT2D eigenvalue weighted by Gasteiger charge is -2.16. The monoisotopic (exact) mass is 223 g/mol. The van der Waals surface area contributed by atoms with Crippen LogP contribution in [0.4, 0.5) is 0 Å². The summed E-state index contributed by atoms with van der Waals surface area (Å²) >= 11 is 1.12. The van der Waals surface area contributed by atoms with Gasteiger partial charge in [-0.25, -0.2) is 4.98 Å². The van der Waals surface area contributed by atoms with E-state index in [1.54, 1.807) is 24.0 Å². The Bertz CT molecular complexity index is 362. The molecule has 15 heavy (non-hydrogen) atoms. The van der Waals surface area contributed by atoms with Gasteiger partial charge < -0.3 is 4.90 Å². The highest BCUT2D eigenvalue weighted by atomic mass is 32.1. The van der Waals surface area contributed by atoms with Crippen LogP contribution in [-0.2, 0) is 0 Å². The number of carbonyl (C=O) groups is 1. The van der Waals surface area contributed by atoms with Crippen molar-refractivity contribution in [3.63, 3.8) is 0 Å². The SMILES string of the molecule is C=CCN(CC=C)C(=O)c1nc(C)ns1. The van der Waals surface area contributed by atoms with Crippen LogP contribution < -0.4 is 0 Å². The van der Waals surface area contributed by atoms with E-state index in [2.05, 4.69) is 22.5 Å². The van der Waals surface area contributed by atoms with Crippen LogP contribution in [0.1, 0.15) is 15.6 Å². The third-order valence-electron chi connectivity index (χ3n) is 1.70. The average molecular weight is 223 g/mol. The van der Waals surface area contributed by atoms with Crippen molar-refractivity contribution in [1.29, 1.82) is 0 Å². The minimum Gasteiger partial charge on any atom is -0.329 e. The minimum absolute atomic E-state index is 0.125. The van der Waals surface area contributed by atoms with Crippen LogP contribution in [-0.4, -0.2) is 33.3 Å². The van der Waals surface area contributed by atoms with Gasteiger partial charge in [-0.3, -0.25) is 4.79 Å². The maximum Gasteiger partial charge on any atom is 0.285 e. The van der Waals surface area contributed by atoms with Gasteiger partial charge in [0.25, 0.3) is 5.91 Å². The fourth-order valence-electron chi connectivity index (χ4n) is 1.07. The number of amides is 1. The first-order valence-corrected chi connectivity index (χ1v) is 5.27. The first kappa shape index (κ1) is 11.6. The highest BCUT2D eigenvalue weighted by Gasteiger charge is 2.17. The lowest BCUT2D eigenvalue weighted by molar-refractivity contribution is 0.0790. The lowest BCUT2D eigenvalue weighted by Crippen LogP contribution is -2.31. The maximum atomic E-state index is 11.9. The van der Waals surface area contributed by atoms with Crippen molar-refractivity contribution in [2.45, 2.75) is 6.92 Å². The summed E-state index contributed by atoms with van der Waals surface area (Å²) in [4.78, 5) is 17.5. The molecule has 0 saturated heterocycles. The number of hydrogen-bond acceptors (Lipinski definition) is 4. The van der Waals surface area contributed by atoms with E-state index in [1.165, 1.54) is 0 Å². The van der Waals surface area contributed by atoms with E-state index >= 15 is 0 Å². The van der Waals surface area contributed by atoms with E-state index in [1.807, 2.05) is 0 Å². The van der Waals surface area contributed by atoms with Crippen molar-refractivity contribution in [1.82, 2.24) is 14.3 Å². The summed E-state index contributed by atoms with van der Waals surface area (Å²) in [6.07, 6.45) is 3.35. The Hall–Kier alpha value is -1.49. The molecular weight excluding hydrogens is 210 g/mol. The molecule has 0 aliphatic rings. The zero-order valence-electron chi connectivity index (χ0n) is 8.64. The summed E-state index contributed by atoms with van der Waals surface area (Å²) in [5.74, 6) is 0.501. The van der Waals surface area contributed by atoms with Gasteiger partial charge in [0.15, 0.2) is 0 Å². The molecule has 4 nitrogen and oxygen atoms in total. The van der Waals surface area contributed by atoms with Crippen LogP contribution in [0.25, 0.3) is 0 Å². The molecule has 0 spiro atoms. The second kappa shape index (κ2) is 5.41. The van der Waals surface area contributed by atoms with Crippen molar-refractivity contribution in [3.8, 4) is 0 Å². The average Bonchev–Trinajstić information content (AvgIpc) is 2.63. The Labute approximate surface area is 93.1 Å². The standard InChI is InChI=1S/C10H13N3OS/c1-4-6-13(7-5-2)10(14)9-11-8(3)12-15-9/h4-5H,1-2,6-7H2,3H3. The number of aryl methyl sites for hydroxylation is 1. The predicted molar refractivity (Wildman–Crippen MR) is 60.9 cm³/mol. The zero-order chi connectivity index (χ0) is 11.3. The van der Waals surface area contributed by atoms with Crippen molar-refractivity contribution >= 4 is 17.4 Å². The quantitative estimate of drug-likeness (QED) is 0.713. The van der Waals surface area contributed by atoms with Gasteiger partial charge in [-0.2, -0.15) is 4.37 Å². The van der Waals surface area contributed by atoms with E-state index in [9.17, 15) is 4.79 Å². The van der Waals surface area contributed by atoms with Gasteiger partial charge >= 0.3 is 0 Å². The normalized spacial score (nSPS) is 9.67. The molecule has 1 amide bonds. The summed E-state index contributed by atoms with van der Waals surface area (Å²) in [6.45, 7) is 9.95. The van der Waals surface area contributed by atoms with Crippen molar-refractivity contribution in [2.75, 3.05) is 13.1 Å². The predicted octanol–water partition coefficient (Wildman–Crippen LogP) is 1.66. The largest absolute Gasteiger partial charge is 0.329 e. The minimum atomic E-state index is -0.125. The molecular formula is C10H13N3OS. The van der Waals surface area contributed by atoms with Crippen LogP contribution in [0.3, 0.4) is 0 Å². The van der Waals surface area contributed by atoms with E-state index in [0.29, 0.717) is 23.9 Å². The Morgan fingerprint density at radius 3 is 2.47 bits per heavy atom. The third-order valence-corrected chi connectivity index (χ3v) is 2.49. The molecule has 0 fully saturated rings. The molecule has 1 heterocycles. The second-order valence-electron chi connectivity index (χ2n) is 2.93. The van der Waals surface area contributed by atoms with Gasteiger partial charge in [0.2, 0.25) is 5.01 Å². The Kier molecular flexibility index (Phi) is 4.17.